The number of hydrogen-bond donors (Lipinski definition) is 1. The first-order valence-corrected chi connectivity index (χ1v) is 4.08. The molecule has 0 aliphatic heterocycles. The van der Waals surface area contributed by atoms with E-state index in [-0.39, 0.29) is 11.9 Å². The van der Waals surface area contributed by atoms with Crippen LogP contribution in [0.5, 0.6) is 0 Å². The van der Waals surface area contributed by atoms with Gasteiger partial charge in [0.25, 0.3) is 0 Å². The lowest BCUT2D eigenvalue weighted by atomic mass is 10.0. The van der Waals surface area contributed by atoms with E-state index >= 15 is 0 Å². The lowest BCUT2D eigenvalue weighted by Crippen LogP contribution is -2.13. The molecular weight excluding hydrogens is 153 g/mol. The number of aryl methyl sites for hydroxylation is 1. The summed E-state index contributed by atoms with van der Waals surface area (Å²) in [6.45, 7) is 4.00. The van der Waals surface area contributed by atoms with Crippen LogP contribution >= 0.6 is 0 Å². The zero-order valence-corrected chi connectivity index (χ0v) is 7.69. The number of rotatable bonds is 2. The number of benzene rings is 1. The number of nitrogens with one attached hydrogen (secondary N) is 1. The molecular formula is C10H14FN. The molecule has 0 saturated carbocycles. The Labute approximate surface area is 72.6 Å². The van der Waals surface area contributed by atoms with Gasteiger partial charge in [-0.2, -0.15) is 0 Å². The van der Waals surface area contributed by atoms with E-state index in [1.165, 1.54) is 6.07 Å². The molecule has 0 heterocycles. The molecule has 0 radical (unpaired) electrons. The fourth-order valence-corrected chi connectivity index (χ4v) is 1.23. The predicted octanol–water partition coefficient (Wildman–Crippen LogP) is 2.41. The van der Waals surface area contributed by atoms with E-state index in [9.17, 15) is 4.39 Å². The highest BCUT2D eigenvalue weighted by Crippen LogP contribution is 2.17. The first-order chi connectivity index (χ1) is 5.65. The molecule has 1 aromatic carbocycles. The van der Waals surface area contributed by atoms with Crippen LogP contribution in [0.3, 0.4) is 0 Å². The van der Waals surface area contributed by atoms with Gasteiger partial charge < -0.3 is 5.32 Å². The van der Waals surface area contributed by atoms with Crippen molar-refractivity contribution in [1.82, 2.24) is 5.32 Å². The van der Waals surface area contributed by atoms with E-state index < -0.39 is 0 Å². The molecule has 1 aromatic rings. The summed E-state index contributed by atoms with van der Waals surface area (Å²) in [5.74, 6) is -0.169. The number of halogens is 1. The standard InChI is InChI=1S/C10H14FN/c1-7-4-5-9(11)6-10(7)8(2)12-3/h4-6,8,12H,1-3H3/t8-/m0/s1. The topological polar surface area (TPSA) is 12.0 Å². The Balaban J connectivity index is 3.04. The maximum Gasteiger partial charge on any atom is 0.123 e. The Hall–Kier alpha value is -0.890. The minimum atomic E-state index is -0.169. The fourth-order valence-electron chi connectivity index (χ4n) is 1.23. The van der Waals surface area contributed by atoms with E-state index in [1.54, 1.807) is 12.1 Å². The van der Waals surface area contributed by atoms with Gasteiger partial charge >= 0.3 is 0 Å². The second kappa shape index (κ2) is 3.68. The van der Waals surface area contributed by atoms with Crippen LogP contribution in [0.2, 0.25) is 0 Å². The summed E-state index contributed by atoms with van der Waals surface area (Å²) < 4.78 is 12.8. The summed E-state index contributed by atoms with van der Waals surface area (Å²) in [4.78, 5) is 0. The second-order valence-electron chi connectivity index (χ2n) is 3.01. The zero-order valence-electron chi connectivity index (χ0n) is 7.69. The second-order valence-corrected chi connectivity index (χ2v) is 3.01. The molecule has 0 bridgehead atoms. The van der Waals surface area contributed by atoms with E-state index in [0.29, 0.717) is 0 Å². The van der Waals surface area contributed by atoms with Crippen LogP contribution in [0.25, 0.3) is 0 Å². The van der Waals surface area contributed by atoms with Gasteiger partial charge in [0.15, 0.2) is 0 Å². The van der Waals surface area contributed by atoms with Crippen LogP contribution in [0.1, 0.15) is 24.1 Å². The smallest absolute Gasteiger partial charge is 0.123 e. The van der Waals surface area contributed by atoms with Gasteiger partial charge in [0.1, 0.15) is 5.82 Å². The molecule has 0 saturated heterocycles. The summed E-state index contributed by atoms with van der Waals surface area (Å²) in [7, 11) is 1.87. The van der Waals surface area contributed by atoms with Gasteiger partial charge in [-0.1, -0.05) is 6.07 Å². The molecule has 0 spiro atoms. The molecule has 0 aliphatic carbocycles. The molecule has 2 heteroatoms. The van der Waals surface area contributed by atoms with Crippen molar-refractivity contribution in [2.75, 3.05) is 7.05 Å². The van der Waals surface area contributed by atoms with E-state index in [1.807, 2.05) is 20.9 Å². The summed E-state index contributed by atoms with van der Waals surface area (Å²) in [6, 6.07) is 5.08. The molecule has 0 unspecified atom stereocenters. The van der Waals surface area contributed by atoms with Gasteiger partial charge in [0.2, 0.25) is 0 Å². The van der Waals surface area contributed by atoms with Crippen molar-refractivity contribution in [3.8, 4) is 0 Å². The van der Waals surface area contributed by atoms with Crippen LogP contribution in [0.4, 0.5) is 4.39 Å². The van der Waals surface area contributed by atoms with Crippen molar-refractivity contribution in [2.45, 2.75) is 19.9 Å². The van der Waals surface area contributed by atoms with E-state index in [0.717, 1.165) is 11.1 Å². The maximum atomic E-state index is 12.8. The van der Waals surface area contributed by atoms with Gasteiger partial charge in [-0.25, -0.2) is 4.39 Å². The molecule has 1 atom stereocenters. The van der Waals surface area contributed by atoms with Crippen LogP contribution in [0.15, 0.2) is 18.2 Å². The van der Waals surface area contributed by atoms with Crippen molar-refractivity contribution in [1.29, 1.82) is 0 Å². The quantitative estimate of drug-likeness (QED) is 0.713. The predicted molar refractivity (Wildman–Crippen MR) is 48.6 cm³/mol. The Morgan fingerprint density at radius 3 is 2.67 bits per heavy atom. The average Bonchev–Trinajstić information content (AvgIpc) is 2.08. The van der Waals surface area contributed by atoms with Crippen molar-refractivity contribution in [2.24, 2.45) is 0 Å². The van der Waals surface area contributed by atoms with Crippen LogP contribution in [0, 0.1) is 12.7 Å². The molecule has 0 aliphatic rings. The molecule has 0 amide bonds. The van der Waals surface area contributed by atoms with Crippen molar-refractivity contribution < 1.29 is 4.39 Å². The maximum absolute atomic E-state index is 12.8. The van der Waals surface area contributed by atoms with Crippen molar-refractivity contribution in [3.63, 3.8) is 0 Å². The summed E-state index contributed by atoms with van der Waals surface area (Å²) >= 11 is 0. The fraction of sp³-hybridized carbons (Fsp3) is 0.400. The third-order valence-corrected chi connectivity index (χ3v) is 2.14. The van der Waals surface area contributed by atoms with Gasteiger partial charge in [-0.3, -0.25) is 0 Å². The highest BCUT2D eigenvalue weighted by atomic mass is 19.1. The average molecular weight is 167 g/mol. The van der Waals surface area contributed by atoms with Gasteiger partial charge in [-0.15, -0.1) is 0 Å². The monoisotopic (exact) mass is 167 g/mol. The van der Waals surface area contributed by atoms with Gasteiger partial charge in [0, 0.05) is 6.04 Å². The minimum absolute atomic E-state index is 0.169. The highest BCUT2D eigenvalue weighted by molar-refractivity contribution is 5.28. The van der Waals surface area contributed by atoms with Crippen molar-refractivity contribution >= 4 is 0 Å². The lowest BCUT2D eigenvalue weighted by Gasteiger charge is -2.13. The Morgan fingerprint density at radius 1 is 1.42 bits per heavy atom. The zero-order chi connectivity index (χ0) is 9.14. The Morgan fingerprint density at radius 2 is 2.08 bits per heavy atom. The SMILES string of the molecule is CN[C@@H](C)c1cc(F)ccc1C. The molecule has 0 aromatic heterocycles. The molecule has 0 fully saturated rings. The van der Waals surface area contributed by atoms with Gasteiger partial charge in [0.05, 0.1) is 0 Å². The van der Waals surface area contributed by atoms with Crippen LogP contribution in [-0.4, -0.2) is 7.05 Å². The number of hydrogen-bond acceptors (Lipinski definition) is 1. The third-order valence-electron chi connectivity index (χ3n) is 2.14. The normalized spacial score (nSPS) is 13.0. The molecule has 1 rings (SSSR count). The summed E-state index contributed by atoms with van der Waals surface area (Å²) in [5.41, 5.74) is 2.15. The Bertz CT molecular complexity index is 271. The first-order valence-electron chi connectivity index (χ1n) is 4.08. The van der Waals surface area contributed by atoms with Gasteiger partial charge in [-0.05, 0) is 44.2 Å². The summed E-state index contributed by atoms with van der Waals surface area (Å²) in [5, 5.41) is 3.08. The van der Waals surface area contributed by atoms with Crippen LogP contribution in [-0.2, 0) is 0 Å². The third kappa shape index (κ3) is 1.83. The molecule has 1 N–H and O–H groups in total. The van der Waals surface area contributed by atoms with E-state index in [4.69, 9.17) is 0 Å². The minimum Gasteiger partial charge on any atom is -0.313 e. The van der Waals surface area contributed by atoms with Crippen molar-refractivity contribution in [3.05, 3.63) is 35.1 Å². The molecule has 12 heavy (non-hydrogen) atoms. The summed E-state index contributed by atoms with van der Waals surface area (Å²) in [6.07, 6.45) is 0. The Kier molecular flexibility index (Phi) is 2.82. The van der Waals surface area contributed by atoms with E-state index in [2.05, 4.69) is 5.32 Å². The highest BCUT2D eigenvalue weighted by Gasteiger charge is 2.06. The van der Waals surface area contributed by atoms with Crippen LogP contribution < -0.4 is 5.32 Å². The largest absolute Gasteiger partial charge is 0.313 e. The first kappa shape index (κ1) is 9.20. The molecule has 1 nitrogen and oxygen atoms in total. The lowest BCUT2D eigenvalue weighted by molar-refractivity contribution is 0.606. The molecule has 66 valence electrons.